The first-order valence-corrected chi connectivity index (χ1v) is 17.3. The van der Waals surface area contributed by atoms with Crippen molar-refractivity contribution in [3.05, 3.63) is 107 Å². The third-order valence-electron chi connectivity index (χ3n) is 8.73. The van der Waals surface area contributed by atoms with Gasteiger partial charge in [-0.1, -0.05) is 35.9 Å². The van der Waals surface area contributed by atoms with Crippen molar-refractivity contribution in [3.8, 4) is 11.5 Å². The number of carbonyl (C=O) groups is 1. The normalized spacial score (nSPS) is 16.3. The molecule has 15 heteroatoms. The number of rotatable bonds is 8. The largest absolute Gasteiger partial charge is 0.497 e. The highest BCUT2D eigenvalue weighted by molar-refractivity contribution is 7.87. The molecule has 10 nitrogen and oxygen atoms in total. The summed E-state index contributed by atoms with van der Waals surface area (Å²) in [6, 6.07) is 18.8. The number of anilines is 2. The molecular formula is C36H34F4N4O6S. The zero-order chi connectivity index (χ0) is 36.5. The lowest BCUT2D eigenvalue weighted by molar-refractivity contribution is -0.137. The number of aliphatic imine (C=N–C) groups is 1. The Kier molecular flexibility index (Phi) is 9.84. The number of fused-ring (bicyclic) bond motifs is 1. The molecule has 2 aliphatic rings. The number of hydrogen-bond donors (Lipinski definition) is 0. The van der Waals surface area contributed by atoms with Crippen LogP contribution < -0.4 is 19.3 Å². The van der Waals surface area contributed by atoms with Gasteiger partial charge in [-0.05, 0) is 55.5 Å². The number of benzene rings is 4. The second-order valence-electron chi connectivity index (χ2n) is 12.0. The molecule has 0 radical (unpaired) electrons. The fourth-order valence-electron chi connectivity index (χ4n) is 6.14. The number of ether oxygens (including phenoxy) is 2. The van der Waals surface area contributed by atoms with Crippen molar-refractivity contribution in [3.63, 3.8) is 0 Å². The van der Waals surface area contributed by atoms with Gasteiger partial charge in [0, 0.05) is 43.5 Å². The highest BCUT2D eigenvalue weighted by Crippen LogP contribution is 2.46. The van der Waals surface area contributed by atoms with Gasteiger partial charge in [-0.2, -0.15) is 21.6 Å². The van der Waals surface area contributed by atoms with Crippen LogP contribution in [0.5, 0.6) is 11.5 Å². The minimum Gasteiger partial charge on any atom is -0.497 e. The number of carbonyl (C=O) groups excluding carboxylic acids is 1. The zero-order valence-electron chi connectivity index (χ0n) is 27.9. The summed E-state index contributed by atoms with van der Waals surface area (Å²) in [6.07, 6.45) is -5.46. The molecule has 6 rings (SSSR count). The molecular weight excluding hydrogens is 692 g/mol. The molecule has 4 aromatic carbocycles. The van der Waals surface area contributed by atoms with Gasteiger partial charge in [0.25, 0.3) is 0 Å². The number of para-hydroxylation sites is 1. The van der Waals surface area contributed by atoms with Crippen LogP contribution in [0.3, 0.4) is 0 Å². The summed E-state index contributed by atoms with van der Waals surface area (Å²) >= 11 is 0. The molecule has 0 unspecified atom stereocenters. The number of piperazine rings is 1. The van der Waals surface area contributed by atoms with Crippen LogP contribution >= 0.6 is 0 Å². The van der Waals surface area contributed by atoms with Crippen LogP contribution in [0.4, 0.5) is 34.6 Å². The number of hydrogen-bond acceptors (Lipinski definition) is 10. The monoisotopic (exact) mass is 726 g/mol. The summed E-state index contributed by atoms with van der Waals surface area (Å²) in [4.78, 5) is 23.2. The van der Waals surface area contributed by atoms with Crippen molar-refractivity contribution < 1.29 is 44.4 Å². The van der Waals surface area contributed by atoms with Crippen LogP contribution in [-0.4, -0.2) is 65.6 Å². The molecule has 0 bridgehead atoms. The summed E-state index contributed by atoms with van der Waals surface area (Å²) < 4.78 is 100. The molecule has 51 heavy (non-hydrogen) atoms. The Bertz CT molecular complexity index is 2070. The molecule has 0 amide bonds. The summed E-state index contributed by atoms with van der Waals surface area (Å²) in [7, 11) is -1.73. The van der Waals surface area contributed by atoms with Crippen molar-refractivity contribution in [2.24, 2.45) is 4.99 Å². The maximum absolute atomic E-state index is 15.5. The molecule has 0 spiro atoms. The Labute approximate surface area is 292 Å². The second kappa shape index (κ2) is 14.1. The summed E-state index contributed by atoms with van der Waals surface area (Å²) in [5.74, 6) is -1.22. The summed E-state index contributed by atoms with van der Waals surface area (Å²) in [5.41, 5.74) is 0.553. The van der Waals surface area contributed by atoms with E-state index in [9.17, 15) is 26.4 Å². The van der Waals surface area contributed by atoms with Crippen molar-refractivity contribution in [1.29, 1.82) is 0 Å². The van der Waals surface area contributed by atoms with E-state index in [1.54, 1.807) is 31.1 Å². The van der Waals surface area contributed by atoms with Crippen molar-refractivity contribution >= 4 is 39.1 Å². The fourth-order valence-corrected chi connectivity index (χ4v) is 7.02. The lowest BCUT2D eigenvalue weighted by atomic mass is 9.96. The average molecular weight is 727 g/mol. The topological polar surface area (TPSA) is 101 Å². The van der Waals surface area contributed by atoms with Crippen LogP contribution in [-0.2, 0) is 25.3 Å². The van der Waals surface area contributed by atoms with Gasteiger partial charge in [-0.15, -0.1) is 0 Å². The SMILES string of the molecule is COc1cccc(N2CCN(C3=Nc4c(F)cccc4[C@H](CC(=O)OS(=O)(=O)c4ccc(C)cc4)N3c3cc(C(F)(F)F)ccc3OC)CC2)c1. The molecule has 0 N–H and O–H groups in total. The first-order valence-electron chi connectivity index (χ1n) is 15.9. The van der Waals surface area contributed by atoms with E-state index >= 15 is 4.39 Å². The first kappa shape index (κ1) is 35.5. The summed E-state index contributed by atoms with van der Waals surface area (Å²) in [5, 5.41) is 0. The second-order valence-corrected chi connectivity index (χ2v) is 13.5. The van der Waals surface area contributed by atoms with Crippen molar-refractivity contribution in [2.75, 3.05) is 50.2 Å². The maximum Gasteiger partial charge on any atom is 0.416 e. The molecule has 268 valence electrons. The molecule has 0 aromatic heterocycles. The third kappa shape index (κ3) is 7.43. The Morgan fingerprint density at radius 2 is 1.57 bits per heavy atom. The highest BCUT2D eigenvalue weighted by atomic mass is 32.2. The van der Waals surface area contributed by atoms with Gasteiger partial charge >= 0.3 is 22.3 Å². The Morgan fingerprint density at radius 3 is 2.24 bits per heavy atom. The molecule has 4 aromatic rings. The Balaban J connectivity index is 1.43. The number of halogens is 4. The smallest absolute Gasteiger partial charge is 0.416 e. The standard InChI is InChI=1S/C36H34F4N4O6S/c1-23-10-13-27(14-11-23)51(46,47)50-33(45)22-30-28-8-5-9-29(37)34(28)41-35(44(30)31-20-24(36(38,39)40)12-15-32(31)49-3)43-18-16-42(17-19-43)25-6-4-7-26(21-25)48-2/h4-15,20-21,30H,16-19,22H2,1-3H3/t30-/m0/s1. The van der Waals surface area contributed by atoms with Gasteiger partial charge in [0.2, 0.25) is 5.96 Å². The van der Waals surface area contributed by atoms with E-state index in [-0.39, 0.29) is 33.5 Å². The van der Waals surface area contributed by atoms with Gasteiger partial charge in [-0.25, -0.2) is 9.38 Å². The van der Waals surface area contributed by atoms with Gasteiger partial charge in [0.1, 0.15) is 27.9 Å². The van der Waals surface area contributed by atoms with E-state index in [0.29, 0.717) is 31.9 Å². The molecule has 2 heterocycles. The third-order valence-corrected chi connectivity index (χ3v) is 9.99. The first-order chi connectivity index (χ1) is 24.3. The minimum absolute atomic E-state index is 0.0104. The molecule has 0 saturated carbocycles. The molecule has 1 atom stereocenters. The van der Waals surface area contributed by atoms with E-state index in [1.165, 1.54) is 42.3 Å². The lowest BCUT2D eigenvalue weighted by Gasteiger charge is -2.45. The molecule has 1 saturated heterocycles. The average Bonchev–Trinajstić information content (AvgIpc) is 3.11. The van der Waals surface area contributed by atoms with E-state index in [0.717, 1.165) is 29.4 Å². The number of aryl methyl sites for hydroxylation is 1. The molecule has 0 aliphatic carbocycles. The minimum atomic E-state index is -4.75. The van der Waals surface area contributed by atoms with E-state index in [1.807, 2.05) is 24.3 Å². The van der Waals surface area contributed by atoms with Crippen molar-refractivity contribution in [1.82, 2.24) is 4.90 Å². The lowest BCUT2D eigenvalue weighted by Crippen LogP contribution is -2.55. The van der Waals surface area contributed by atoms with Crippen molar-refractivity contribution in [2.45, 2.75) is 30.5 Å². The van der Waals surface area contributed by atoms with Gasteiger partial charge < -0.3 is 28.4 Å². The summed E-state index contributed by atoms with van der Waals surface area (Å²) in [6.45, 7) is 3.26. The van der Waals surface area contributed by atoms with E-state index in [2.05, 4.69) is 9.89 Å². The van der Waals surface area contributed by atoms with Crippen LogP contribution in [0.1, 0.15) is 29.2 Å². The number of methoxy groups -OCH3 is 2. The fraction of sp³-hybridized carbons (Fsp3) is 0.278. The van der Waals surface area contributed by atoms with Crippen LogP contribution in [0.25, 0.3) is 0 Å². The Morgan fingerprint density at radius 1 is 0.882 bits per heavy atom. The van der Waals surface area contributed by atoms with E-state index < -0.39 is 46.1 Å². The Hall–Kier alpha value is -5.31. The van der Waals surface area contributed by atoms with Gasteiger partial charge in [-0.3, -0.25) is 4.79 Å². The van der Waals surface area contributed by atoms with Gasteiger partial charge in [0.15, 0.2) is 0 Å². The maximum atomic E-state index is 15.5. The van der Waals surface area contributed by atoms with Crippen LogP contribution in [0.15, 0.2) is 94.8 Å². The highest BCUT2D eigenvalue weighted by Gasteiger charge is 2.41. The van der Waals surface area contributed by atoms with E-state index in [4.69, 9.17) is 13.7 Å². The molecule has 1 fully saturated rings. The quantitative estimate of drug-likeness (QED) is 0.142. The predicted molar refractivity (Wildman–Crippen MR) is 183 cm³/mol. The van der Waals surface area contributed by atoms with Crippen LogP contribution in [0.2, 0.25) is 0 Å². The number of guanidine groups is 1. The number of nitrogens with zero attached hydrogens (tertiary/aromatic N) is 4. The van der Waals surface area contributed by atoms with Crippen LogP contribution in [0, 0.1) is 12.7 Å². The molecule has 2 aliphatic heterocycles. The predicted octanol–water partition coefficient (Wildman–Crippen LogP) is 6.86. The van der Waals surface area contributed by atoms with Gasteiger partial charge in [0.05, 0.1) is 37.9 Å². The number of alkyl halides is 3. The zero-order valence-corrected chi connectivity index (χ0v) is 28.7.